The highest BCUT2D eigenvalue weighted by Gasteiger charge is 2.39. The average Bonchev–Trinajstić information content (AvgIpc) is 3.48. The smallest absolute Gasteiger partial charge is 0.257 e. The van der Waals surface area contributed by atoms with E-state index in [1.54, 1.807) is 11.8 Å². The second-order valence-electron chi connectivity index (χ2n) is 7.79. The number of carbonyl (C=O) groups excluding carboxylic acids is 1. The SMILES string of the molecule is COc1cccc(-c2nn(-c3ccccc3)cc2C(=O)N2C[C@H]3CNC[C@H]3C2)c1.Cl. The van der Waals surface area contributed by atoms with Crippen LogP contribution in [0.3, 0.4) is 0 Å². The van der Waals surface area contributed by atoms with Gasteiger partial charge in [0.25, 0.3) is 5.91 Å². The van der Waals surface area contributed by atoms with E-state index >= 15 is 0 Å². The molecule has 0 spiro atoms. The van der Waals surface area contributed by atoms with Crippen molar-refractivity contribution in [1.82, 2.24) is 20.0 Å². The molecule has 2 aliphatic rings. The Morgan fingerprint density at radius 2 is 1.80 bits per heavy atom. The number of aromatic nitrogens is 2. The van der Waals surface area contributed by atoms with E-state index in [9.17, 15) is 4.79 Å². The van der Waals surface area contributed by atoms with Gasteiger partial charge in [-0.3, -0.25) is 4.79 Å². The first-order valence-corrected chi connectivity index (χ1v) is 10.0. The summed E-state index contributed by atoms with van der Waals surface area (Å²) in [5.74, 6) is 1.92. The van der Waals surface area contributed by atoms with E-state index in [0.717, 1.165) is 43.2 Å². The standard InChI is InChI=1S/C23H24N4O2.ClH/c1-29-20-9-5-6-16(10-20)22-21(15-27(25-22)19-7-3-2-4-8-19)23(28)26-13-17-11-24-12-18(17)14-26;/h2-10,15,17-18,24H,11-14H2,1H3;1H/t17-,18+;. The summed E-state index contributed by atoms with van der Waals surface area (Å²) in [6.45, 7) is 3.62. The molecule has 2 aliphatic heterocycles. The zero-order valence-electron chi connectivity index (χ0n) is 16.8. The maximum absolute atomic E-state index is 13.5. The number of carbonyl (C=O) groups is 1. The summed E-state index contributed by atoms with van der Waals surface area (Å²) in [5, 5.41) is 8.22. The van der Waals surface area contributed by atoms with Gasteiger partial charge in [-0.15, -0.1) is 12.4 Å². The molecule has 5 rings (SSSR count). The van der Waals surface area contributed by atoms with Gasteiger partial charge in [0, 0.05) is 37.9 Å². The molecule has 30 heavy (non-hydrogen) atoms. The Morgan fingerprint density at radius 1 is 1.07 bits per heavy atom. The van der Waals surface area contributed by atoms with Crippen molar-refractivity contribution in [2.75, 3.05) is 33.3 Å². The molecule has 0 saturated carbocycles. The number of nitrogens with zero attached hydrogens (tertiary/aromatic N) is 3. The van der Waals surface area contributed by atoms with Crippen molar-refractivity contribution >= 4 is 18.3 Å². The fraction of sp³-hybridized carbons (Fsp3) is 0.304. The topological polar surface area (TPSA) is 59.4 Å². The number of hydrogen-bond acceptors (Lipinski definition) is 4. The number of hydrogen-bond donors (Lipinski definition) is 1. The van der Waals surface area contributed by atoms with Crippen molar-refractivity contribution in [3.8, 4) is 22.7 Å². The molecule has 156 valence electrons. The minimum absolute atomic E-state index is 0. The van der Waals surface area contributed by atoms with Gasteiger partial charge in [-0.1, -0.05) is 30.3 Å². The van der Waals surface area contributed by atoms with Crippen LogP contribution in [-0.4, -0.2) is 53.9 Å². The second kappa shape index (κ2) is 8.50. The number of para-hydroxylation sites is 1. The highest BCUT2D eigenvalue weighted by Crippen LogP contribution is 2.31. The maximum Gasteiger partial charge on any atom is 0.257 e. The fourth-order valence-electron chi connectivity index (χ4n) is 4.42. The van der Waals surface area contributed by atoms with Crippen molar-refractivity contribution < 1.29 is 9.53 Å². The molecule has 0 radical (unpaired) electrons. The van der Waals surface area contributed by atoms with Gasteiger partial charge in [-0.05, 0) is 36.1 Å². The van der Waals surface area contributed by atoms with Crippen LogP contribution in [-0.2, 0) is 0 Å². The van der Waals surface area contributed by atoms with Crippen LogP contribution in [0.1, 0.15) is 10.4 Å². The third-order valence-electron chi connectivity index (χ3n) is 5.99. The first-order chi connectivity index (χ1) is 14.2. The van der Waals surface area contributed by atoms with E-state index in [1.165, 1.54) is 0 Å². The van der Waals surface area contributed by atoms with Crippen molar-refractivity contribution in [2.24, 2.45) is 11.8 Å². The summed E-state index contributed by atoms with van der Waals surface area (Å²) in [7, 11) is 1.64. The third-order valence-corrected chi connectivity index (χ3v) is 5.99. The molecule has 6 nitrogen and oxygen atoms in total. The first kappa shape index (κ1) is 20.4. The van der Waals surface area contributed by atoms with Crippen molar-refractivity contribution in [3.63, 3.8) is 0 Å². The lowest BCUT2D eigenvalue weighted by atomic mass is 10.0. The van der Waals surface area contributed by atoms with Gasteiger partial charge < -0.3 is 15.0 Å². The number of ether oxygens (including phenoxy) is 1. The number of halogens is 1. The lowest BCUT2D eigenvalue weighted by Gasteiger charge is -2.17. The lowest BCUT2D eigenvalue weighted by molar-refractivity contribution is 0.0782. The number of fused-ring (bicyclic) bond motifs is 1. The molecule has 1 aromatic heterocycles. The number of likely N-dealkylation sites (tertiary alicyclic amines) is 1. The second-order valence-corrected chi connectivity index (χ2v) is 7.79. The summed E-state index contributed by atoms with van der Waals surface area (Å²) in [4.78, 5) is 15.5. The molecule has 0 aliphatic carbocycles. The Bertz CT molecular complexity index is 1020. The van der Waals surface area contributed by atoms with Crippen LogP contribution in [0.2, 0.25) is 0 Å². The highest BCUT2D eigenvalue weighted by atomic mass is 35.5. The Kier molecular flexibility index (Phi) is 5.79. The quantitative estimate of drug-likeness (QED) is 0.698. The number of benzene rings is 2. The van der Waals surface area contributed by atoms with E-state index in [1.807, 2.05) is 65.7 Å². The molecule has 2 atom stereocenters. The zero-order chi connectivity index (χ0) is 19.8. The Morgan fingerprint density at radius 3 is 2.50 bits per heavy atom. The first-order valence-electron chi connectivity index (χ1n) is 10.0. The molecular weight excluding hydrogens is 400 g/mol. The van der Waals surface area contributed by atoms with E-state index in [4.69, 9.17) is 9.84 Å². The molecule has 0 bridgehead atoms. The average molecular weight is 425 g/mol. The van der Waals surface area contributed by atoms with E-state index in [-0.39, 0.29) is 18.3 Å². The molecule has 1 N–H and O–H groups in total. The van der Waals surface area contributed by atoms with Gasteiger partial charge >= 0.3 is 0 Å². The van der Waals surface area contributed by atoms with Crippen LogP contribution in [0.5, 0.6) is 5.75 Å². The van der Waals surface area contributed by atoms with Gasteiger partial charge in [-0.25, -0.2) is 4.68 Å². The molecule has 1 amide bonds. The molecule has 3 aromatic rings. The van der Waals surface area contributed by atoms with Gasteiger partial charge in [0.15, 0.2) is 0 Å². The number of nitrogens with one attached hydrogen (secondary N) is 1. The van der Waals surface area contributed by atoms with Gasteiger partial charge in [0.1, 0.15) is 11.4 Å². The maximum atomic E-state index is 13.5. The van der Waals surface area contributed by atoms with Crippen LogP contribution >= 0.6 is 12.4 Å². The fourth-order valence-corrected chi connectivity index (χ4v) is 4.42. The van der Waals surface area contributed by atoms with Crippen molar-refractivity contribution in [1.29, 1.82) is 0 Å². The zero-order valence-corrected chi connectivity index (χ0v) is 17.6. The summed E-state index contributed by atoms with van der Waals surface area (Å²) in [6, 6.07) is 17.6. The summed E-state index contributed by atoms with van der Waals surface area (Å²) >= 11 is 0. The molecule has 2 fully saturated rings. The van der Waals surface area contributed by atoms with Crippen LogP contribution < -0.4 is 10.1 Å². The molecule has 7 heteroatoms. The van der Waals surface area contributed by atoms with Crippen LogP contribution in [0.25, 0.3) is 16.9 Å². The molecule has 2 aromatic carbocycles. The van der Waals surface area contributed by atoms with Crippen molar-refractivity contribution in [3.05, 3.63) is 66.4 Å². The van der Waals surface area contributed by atoms with Crippen LogP contribution in [0.15, 0.2) is 60.8 Å². The van der Waals surface area contributed by atoms with E-state index in [0.29, 0.717) is 23.1 Å². The number of amides is 1. The minimum atomic E-state index is 0. The highest BCUT2D eigenvalue weighted by molar-refractivity contribution is 6.00. The molecular formula is C23H25ClN4O2. The molecule has 3 heterocycles. The van der Waals surface area contributed by atoms with Gasteiger partial charge in [0.05, 0.1) is 18.4 Å². The van der Waals surface area contributed by atoms with Gasteiger partial charge in [0.2, 0.25) is 0 Å². The molecule has 2 saturated heterocycles. The monoisotopic (exact) mass is 424 g/mol. The van der Waals surface area contributed by atoms with Crippen LogP contribution in [0.4, 0.5) is 0 Å². The molecule has 0 unspecified atom stereocenters. The summed E-state index contributed by atoms with van der Waals surface area (Å²) in [6.07, 6.45) is 1.86. The third kappa shape index (κ3) is 3.68. The van der Waals surface area contributed by atoms with E-state index < -0.39 is 0 Å². The Labute approximate surface area is 182 Å². The lowest BCUT2D eigenvalue weighted by Crippen LogP contribution is -2.32. The van der Waals surface area contributed by atoms with Crippen molar-refractivity contribution in [2.45, 2.75) is 0 Å². The Hall–Kier alpha value is -2.83. The predicted molar refractivity (Wildman–Crippen MR) is 119 cm³/mol. The predicted octanol–water partition coefficient (Wildman–Crippen LogP) is 3.26. The number of rotatable bonds is 4. The van der Waals surface area contributed by atoms with Crippen LogP contribution in [0, 0.1) is 11.8 Å². The largest absolute Gasteiger partial charge is 0.497 e. The normalized spacial score (nSPS) is 20.0. The van der Waals surface area contributed by atoms with Gasteiger partial charge in [-0.2, -0.15) is 5.10 Å². The van der Waals surface area contributed by atoms with E-state index in [2.05, 4.69) is 5.32 Å². The minimum Gasteiger partial charge on any atom is -0.497 e. The number of methoxy groups -OCH3 is 1. The summed E-state index contributed by atoms with van der Waals surface area (Å²) < 4.78 is 7.17. The summed E-state index contributed by atoms with van der Waals surface area (Å²) in [5.41, 5.74) is 3.13. The Balaban J connectivity index is 0.00000218.